The van der Waals surface area contributed by atoms with E-state index in [1.807, 2.05) is 19.9 Å². The molecule has 0 unspecified atom stereocenters. The van der Waals surface area contributed by atoms with Crippen molar-refractivity contribution in [3.63, 3.8) is 0 Å². The topological polar surface area (TPSA) is 91.1 Å². The zero-order valence-electron chi connectivity index (χ0n) is 12.1. The number of nitrogens with one attached hydrogen (secondary N) is 1. The third-order valence-corrected chi connectivity index (χ3v) is 2.87. The van der Waals surface area contributed by atoms with Crippen LogP contribution in [0.25, 0.3) is 10.9 Å². The molecule has 0 aromatic carbocycles. The lowest BCUT2D eigenvalue weighted by Gasteiger charge is -2.15. The summed E-state index contributed by atoms with van der Waals surface area (Å²) in [5.74, 6) is 0.236. The summed E-state index contributed by atoms with van der Waals surface area (Å²) in [7, 11) is 0. The molecule has 21 heavy (non-hydrogen) atoms. The molecule has 0 fully saturated rings. The number of fused-ring (bicyclic) bond motifs is 1. The Morgan fingerprint density at radius 2 is 2.29 bits per heavy atom. The summed E-state index contributed by atoms with van der Waals surface area (Å²) in [6.07, 6.45) is 2.62. The van der Waals surface area contributed by atoms with Gasteiger partial charge >= 0.3 is 0 Å². The molecule has 0 bridgehead atoms. The molecule has 0 saturated heterocycles. The van der Waals surface area contributed by atoms with Gasteiger partial charge in [-0.2, -0.15) is 5.26 Å². The second kappa shape index (κ2) is 6.97. The summed E-state index contributed by atoms with van der Waals surface area (Å²) in [6.45, 7) is 4.51. The van der Waals surface area contributed by atoms with Crippen LogP contribution >= 0.6 is 0 Å². The Bertz CT molecular complexity index is 652. The van der Waals surface area contributed by atoms with E-state index in [4.69, 9.17) is 10.00 Å². The minimum Gasteiger partial charge on any atom is -0.474 e. The fraction of sp³-hybridized carbons (Fsp3) is 0.400. The highest BCUT2D eigenvalue weighted by Crippen LogP contribution is 2.20. The number of ether oxygens (including phenoxy) is 1. The minimum absolute atomic E-state index is 0.0813. The lowest BCUT2D eigenvalue weighted by molar-refractivity contribution is 0.102. The lowest BCUT2D eigenvalue weighted by Crippen LogP contribution is -2.35. The number of nitriles is 1. The molecule has 2 aromatic heterocycles. The number of aliphatic hydroxyl groups is 1. The first kappa shape index (κ1) is 15.2. The first-order valence-corrected chi connectivity index (χ1v) is 6.79. The van der Waals surface area contributed by atoms with Gasteiger partial charge in [-0.25, -0.2) is 4.98 Å². The zero-order chi connectivity index (χ0) is 15.2. The quantitative estimate of drug-likeness (QED) is 0.830. The van der Waals surface area contributed by atoms with Gasteiger partial charge in [0, 0.05) is 30.4 Å². The number of hydrogen-bond donors (Lipinski definition) is 2. The Hall–Kier alpha value is -2.23. The largest absolute Gasteiger partial charge is 0.474 e. The van der Waals surface area contributed by atoms with Crippen LogP contribution in [0.15, 0.2) is 24.5 Å². The average molecular weight is 286 g/mol. The molecule has 2 aromatic rings. The van der Waals surface area contributed by atoms with E-state index in [9.17, 15) is 5.11 Å². The van der Waals surface area contributed by atoms with Gasteiger partial charge in [-0.1, -0.05) is 13.8 Å². The van der Waals surface area contributed by atoms with Crippen molar-refractivity contribution >= 4 is 10.9 Å². The normalized spacial score (nSPS) is 12.3. The van der Waals surface area contributed by atoms with E-state index in [1.165, 1.54) is 0 Å². The van der Waals surface area contributed by atoms with Crippen molar-refractivity contribution in [1.29, 1.82) is 5.26 Å². The van der Waals surface area contributed by atoms with Crippen LogP contribution in [0.5, 0.6) is 5.88 Å². The Labute approximate surface area is 123 Å². The van der Waals surface area contributed by atoms with E-state index in [2.05, 4.69) is 15.3 Å². The minimum atomic E-state index is -0.658. The second-order valence-electron chi connectivity index (χ2n) is 5.05. The molecule has 0 amide bonds. The summed E-state index contributed by atoms with van der Waals surface area (Å²) in [4.78, 5) is 8.29. The highest BCUT2D eigenvalue weighted by molar-refractivity contribution is 5.79. The first-order valence-electron chi connectivity index (χ1n) is 6.79. The van der Waals surface area contributed by atoms with Crippen LogP contribution < -0.4 is 10.1 Å². The van der Waals surface area contributed by atoms with Crippen molar-refractivity contribution in [2.45, 2.75) is 26.0 Å². The van der Waals surface area contributed by atoms with Crippen molar-refractivity contribution < 1.29 is 9.84 Å². The predicted molar refractivity (Wildman–Crippen MR) is 78.9 cm³/mol. The number of aliphatic hydroxyl groups excluding tert-OH is 1. The van der Waals surface area contributed by atoms with Crippen molar-refractivity contribution in [2.24, 2.45) is 0 Å². The molecule has 6 heteroatoms. The van der Waals surface area contributed by atoms with E-state index in [0.29, 0.717) is 23.7 Å². The van der Waals surface area contributed by atoms with Crippen molar-refractivity contribution in [1.82, 2.24) is 15.3 Å². The van der Waals surface area contributed by atoms with Crippen LogP contribution in [0.4, 0.5) is 0 Å². The molecule has 0 aliphatic rings. The lowest BCUT2D eigenvalue weighted by atomic mass is 10.2. The molecule has 110 valence electrons. The van der Waals surface area contributed by atoms with E-state index in [0.717, 1.165) is 5.39 Å². The number of hydrogen-bond acceptors (Lipinski definition) is 6. The maximum atomic E-state index is 9.83. The molecule has 0 spiro atoms. The van der Waals surface area contributed by atoms with Crippen LogP contribution in [0.1, 0.15) is 19.4 Å². The summed E-state index contributed by atoms with van der Waals surface area (Å²) in [5.41, 5.74) is 1.04. The van der Waals surface area contributed by atoms with E-state index in [1.54, 1.807) is 24.5 Å². The van der Waals surface area contributed by atoms with Gasteiger partial charge in [0.15, 0.2) is 0 Å². The smallest absolute Gasteiger partial charge is 0.232 e. The highest BCUT2D eigenvalue weighted by Gasteiger charge is 2.11. The van der Waals surface area contributed by atoms with Gasteiger partial charge in [0.05, 0.1) is 5.52 Å². The van der Waals surface area contributed by atoms with Crippen LogP contribution in [0.3, 0.4) is 0 Å². The third kappa shape index (κ3) is 4.12. The van der Waals surface area contributed by atoms with Crippen molar-refractivity contribution in [3.05, 3.63) is 30.1 Å². The molecule has 0 saturated carbocycles. The fourth-order valence-electron chi connectivity index (χ4n) is 1.80. The van der Waals surface area contributed by atoms with Gasteiger partial charge < -0.3 is 15.2 Å². The second-order valence-corrected chi connectivity index (χ2v) is 5.05. The summed E-state index contributed by atoms with van der Waals surface area (Å²) in [6, 6.07) is 5.78. The van der Waals surface area contributed by atoms with Gasteiger partial charge in [0.2, 0.25) is 5.88 Å². The van der Waals surface area contributed by atoms with Crippen LogP contribution in [0.2, 0.25) is 0 Å². The summed E-state index contributed by atoms with van der Waals surface area (Å²) >= 11 is 0. The molecule has 2 heterocycles. The summed E-state index contributed by atoms with van der Waals surface area (Å²) in [5, 5.41) is 22.9. The monoisotopic (exact) mass is 286 g/mol. The van der Waals surface area contributed by atoms with Gasteiger partial charge in [-0.15, -0.1) is 0 Å². The van der Waals surface area contributed by atoms with Gasteiger partial charge in [0.25, 0.3) is 0 Å². The maximum absolute atomic E-state index is 9.83. The fourth-order valence-corrected chi connectivity index (χ4v) is 1.80. The molecule has 6 nitrogen and oxygen atoms in total. The maximum Gasteiger partial charge on any atom is 0.232 e. The highest BCUT2D eigenvalue weighted by atomic mass is 16.5. The van der Waals surface area contributed by atoms with Crippen LogP contribution in [0, 0.1) is 11.3 Å². The number of nitrogens with zero attached hydrogens (tertiary/aromatic N) is 3. The third-order valence-electron chi connectivity index (χ3n) is 2.87. The SMILES string of the molecule is CC(C)NC[C@@H](O)COc1nc2ccncc2cc1C#N. The molecule has 1 atom stereocenters. The number of aromatic nitrogens is 2. The average Bonchev–Trinajstić information content (AvgIpc) is 2.49. The predicted octanol–water partition coefficient (Wildman–Crippen LogP) is 1.24. The zero-order valence-corrected chi connectivity index (χ0v) is 12.1. The van der Waals surface area contributed by atoms with Crippen LogP contribution in [-0.4, -0.2) is 40.4 Å². The van der Waals surface area contributed by atoms with Crippen molar-refractivity contribution in [3.8, 4) is 11.9 Å². The molecule has 2 rings (SSSR count). The van der Waals surface area contributed by atoms with Crippen LogP contribution in [-0.2, 0) is 0 Å². The first-order chi connectivity index (χ1) is 10.1. The molecular formula is C15H18N4O2. The van der Waals surface area contributed by atoms with Gasteiger partial charge in [0.1, 0.15) is 24.3 Å². The molecule has 2 N–H and O–H groups in total. The van der Waals surface area contributed by atoms with Gasteiger partial charge in [-0.05, 0) is 12.1 Å². The summed E-state index contributed by atoms with van der Waals surface area (Å²) < 4.78 is 5.49. The van der Waals surface area contributed by atoms with E-state index < -0.39 is 6.10 Å². The Balaban J connectivity index is 2.09. The van der Waals surface area contributed by atoms with E-state index in [-0.39, 0.29) is 12.5 Å². The number of pyridine rings is 2. The van der Waals surface area contributed by atoms with E-state index >= 15 is 0 Å². The Morgan fingerprint density at radius 1 is 1.48 bits per heavy atom. The molecule has 0 radical (unpaired) electrons. The Kier molecular flexibility index (Phi) is 5.04. The molecular weight excluding hydrogens is 268 g/mol. The number of rotatable bonds is 6. The molecule has 0 aliphatic carbocycles. The van der Waals surface area contributed by atoms with Gasteiger partial charge in [-0.3, -0.25) is 4.98 Å². The standard InChI is InChI=1S/C15H18N4O2/c1-10(2)18-8-13(20)9-21-15-11(6-16)5-12-7-17-4-3-14(12)19-15/h3-5,7,10,13,18,20H,8-9H2,1-2H3/t13-/m1/s1. The Morgan fingerprint density at radius 3 is 3.00 bits per heavy atom. The molecule has 0 aliphatic heterocycles. The van der Waals surface area contributed by atoms with Crippen molar-refractivity contribution in [2.75, 3.05) is 13.2 Å².